The molecule has 42 heavy (non-hydrogen) atoms. The number of aliphatic carboxylic acids is 1. The number of nitrogens with zero attached hydrogens (tertiary/aromatic N) is 2. The van der Waals surface area contributed by atoms with E-state index in [1.54, 1.807) is 19.1 Å². The van der Waals surface area contributed by atoms with Gasteiger partial charge in [-0.3, -0.25) is 4.79 Å². The molecule has 0 aromatic heterocycles. The number of nitrogens with two attached hydrogens (primary N) is 1. The Kier molecular flexibility index (Phi) is 10.2. The zero-order valence-electron chi connectivity index (χ0n) is 23.5. The van der Waals surface area contributed by atoms with E-state index in [9.17, 15) is 27.9 Å². The van der Waals surface area contributed by atoms with Crippen molar-refractivity contribution in [3.05, 3.63) is 59.7 Å². The van der Waals surface area contributed by atoms with Crippen LogP contribution in [0.25, 0.3) is 0 Å². The van der Waals surface area contributed by atoms with Gasteiger partial charge in [-0.15, -0.1) is 0 Å². The predicted molar refractivity (Wildman–Crippen MR) is 152 cm³/mol. The van der Waals surface area contributed by atoms with Gasteiger partial charge >= 0.3 is 12.1 Å². The van der Waals surface area contributed by atoms with E-state index in [1.807, 2.05) is 0 Å². The zero-order valence-corrected chi connectivity index (χ0v) is 24.3. The Labute approximate surface area is 245 Å². The lowest BCUT2D eigenvalue weighted by Gasteiger charge is -2.39. The van der Waals surface area contributed by atoms with Crippen molar-refractivity contribution in [1.29, 1.82) is 0 Å². The summed E-state index contributed by atoms with van der Waals surface area (Å²) in [6.07, 6.45) is 0.104. The first-order valence-electron chi connectivity index (χ1n) is 13.9. The summed E-state index contributed by atoms with van der Waals surface area (Å²) in [7, 11) is -4.50. The molecule has 2 atom stereocenters. The third kappa shape index (κ3) is 7.44. The van der Waals surface area contributed by atoms with Crippen LogP contribution in [0.1, 0.15) is 24.0 Å². The predicted octanol–water partition coefficient (Wildman–Crippen LogP) is 0.769. The summed E-state index contributed by atoms with van der Waals surface area (Å²) in [6, 6.07) is 9.43. The number of carboxylic acids is 1. The summed E-state index contributed by atoms with van der Waals surface area (Å²) in [5.74, 6) is -2.07. The van der Waals surface area contributed by atoms with E-state index < -0.39 is 40.1 Å². The Morgan fingerprint density at radius 3 is 2.38 bits per heavy atom. The number of sulfonamides is 1. The lowest BCUT2D eigenvalue weighted by Crippen LogP contribution is -2.66. The molecule has 14 heteroatoms. The molecule has 0 aliphatic carbocycles. The van der Waals surface area contributed by atoms with Gasteiger partial charge < -0.3 is 25.6 Å². The molecule has 0 saturated carbocycles. The fourth-order valence-electron chi connectivity index (χ4n) is 5.15. The third-order valence-corrected chi connectivity index (χ3v) is 9.32. The number of quaternary nitrogens is 1. The van der Waals surface area contributed by atoms with Crippen molar-refractivity contribution in [2.75, 3.05) is 45.9 Å². The quantitative estimate of drug-likeness (QED) is 0.268. The van der Waals surface area contributed by atoms with Crippen LogP contribution in [0.4, 0.5) is 4.79 Å². The standard InChI is InChI=1S/C28H37N5O8S/c1-20-4-10-23(11-5-20)42(38,39)32(26(34)24-3-2-13-30-24)25(27(35)36)19-21-6-8-22(9-7-21)41-28(37)31-33(14-12-29)15-17-40-18-16-33/h4-11,24-25,30H,2-3,12-19,29H2,1H3,(H-,31,35,36,37)/p+1/t24-,25-/m0/s1. The highest BCUT2D eigenvalue weighted by molar-refractivity contribution is 7.89. The van der Waals surface area contributed by atoms with E-state index >= 15 is 0 Å². The van der Waals surface area contributed by atoms with Crippen LogP contribution in [-0.4, -0.2) is 98.4 Å². The molecule has 0 spiro atoms. The van der Waals surface area contributed by atoms with E-state index in [4.69, 9.17) is 15.2 Å². The number of nitrogens with one attached hydrogen (secondary N) is 2. The number of hydrogen-bond acceptors (Lipinski definition) is 9. The second-order valence-corrected chi connectivity index (χ2v) is 12.3. The lowest BCUT2D eigenvalue weighted by atomic mass is 10.0. The molecule has 2 aliphatic rings. The Morgan fingerprint density at radius 1 is 1.14 bits per heavy atom. The third-order valence-electron chi connectivity index (χ3n) is 7.50. The Bertz CT molecular complexity index is 1350. The van der Waals surface area contributed by atoms with Crippen LogP contribution in [0, 0.1) is 6.92 Å². The Balaban J connectivity index is 1.53. The van der Waals surface area contributed by atoms with Gasteiger partial charge in [0.25, 0.3) is 15.9 Å². The van der Waals surface area contributed by atoms with E-state index in [0.29, 0.717) is 68.6 Å². The summed E-state index contributed by atoms with van der Waals surface area (Å²) < 4.78 is 39.0. The molecule has 0 unspecified atom stereocenters. The molecular weight excluding hydrogens is 566 g/mol. The van der Waals surface area contributed by atoms with E-state index in [-0.39, 0.29) is 21.7 Å². The first kappa shape index (κ1) is 31.4. The van der Waals surface area contributed by atoms with Gasteiger partial charge in [0.15, 0.2) is 0 Å². The first-order chi connectivity index (χ1) is 20.0. The number of carbonyl (C=O) groups is 3. The SMILES string of the molecule is Cc1ccc(S(=O)(=O)N(C(=O)[C@@H]2CCCN2)[C@@H](Cc2ccc(OC(=O)N[N+]3(CCN)CCOCC3)cc2)C(=O)O)cc1. The highest BCUT2D eigenvalue weighted by atomic mass is 32.2. The fourth-order valence-corrected chi connectivity index (χ4v) is 6.73. The molecule has 228 valence electrons. The maximum absolute atomic E-state index is 13.7. The molecule has 5 N–H and O–H groups in total. The van der Waals surface area contributed by atoms with Gasteiger partial charge in [0.1, 0.15) is 31.4 Å². The fraction of sp³-hybridized carbons (Fsp3) is 0.464. The zero-order chi connectivity index (χ0) is 30.3. The summed E-state index contributed by atoms with van der Waals surface area (Å²) >= 11 is 0. The van der Waals surface area contributed by atoms with E-state index in [2.05, 4.69) is 10.7 Å². The maximum Gasteiger partial charge on any atom is 0.457 e. The van der Waals surface area contributed by atoms with Crippen molar-refractivity contribution in [2.24, 2.45) is 5.73 Å². The molecule has 0 radical (unpaired) electrons. The van der Waals surface area contributed by atoms with Crippen molar-refractivity contribution >= 4 is 28.0 Å². The van der Waals surface area contributed by atoms with Crippen LogP contribution in [0.2, 0.25) is 0 Å². The highest BCUT2D eigenvalue weighted by Gasteiger charge is 2.43. The maximum atomic E-state index is 13.7. The van der Waals surface area contributed by atoms with Crippen LogP contribution in [0.15, 0.2) is 53.4 Å². The normalized spacial score (nSPS) is 19.0. The minimum absolute atomic E-state index is 0.171. The van der Waals surface area contributed by atoms with E-state index in [1.165, 1.54) is 36.4 Å². The number of hydrogen-bond donors (Lipinski definition) is 4. The smallest absolute Gasteiger partial charge is 0.457 e. The van der Waals surface area contributed by atoms with Crippen molar-refractivity contribution in [1.82, 2.24) is 15.0 Å². The molecule has 2 aromatic carbocycles. The number of ether oxygens (including phenoxy) is 2. The first-order valence-corrected chi connectivity index (χ1v) is 15.3. The number of rotatable bonds is 11. The van der Waals surface area contributed by atoms with E-state index in [0.717, 1.165) is 5.56 Å². The van der Waals surface area contributed by atoms with Gasteiger partial charge in [-0.25, -0.2) is 26.9 Å². The molecule has 2 aliphatic heterocycles. The number of carboxylic acid groups (broad SMARTS) is 1. The van der Waals surface area contributed by atoms with Crippen LogP contribution in [-0.2, 0) is 30.8 Å². The molecule has 4 rings (SSSR count). The van der Waals surface area contributed by atoms with Gasteiger partial charge in [0.05, 0.1) is 24.2 Å². The minimum atomic E-state index is -4.50. The molecular formula is C28H38N5O8S+. The van der Waals surface area contributed by atoms with Crippen LogP contribution in [0.5, 0.6) is 5.75 Å². The second-order valence-electron chi connectivity index (χ2n) is 10.5. The molecule has 2 saturated heterocycles. The van der Waals surface area contributed by atoms with Crippen LogP contribution < -0.4 is 21.2 Å². The van der Waals surface area contributed by atoms with Crippen molar-refractivity contribution in [2.45, 2.75) is 43.2 Å². The summed E-state index contributed by atoms with van der Waals surface area (Å²) in [5, 5.41) is 13.1. The van der Waals surface area contributed by atoms with Gasteiger partial charge in [0, 0.05) is 13.0 Å². The number of benzene rings is 2. The molecule has 2 fully saturated rings. The number of aryl methyl sites for hydroxylation is 1. The van der Waals surface area contributed by atoms with Crippen molar-refractivity contribution in [3.8, 4) is 5.75 Å². The summed E-state index contributed by atoms with van der Waals surface area (Å²) in [4.78, 5) is 38.5. The molecule has 2 heterocycles. The van der Waals surface area contributed by atoms with Crippen molar-refractivity contribution < 1.29 is 42.0 Å². The van der Waals surface area contributed by atoms with Crippen LogP contribution in [0.3, 0.4) is 0 Å². The lowest BCUT2D eigenvalue weighted by molar-refractivity contribution is -0.966. The Hall–Kier alpha value is -3.56. The molecule has 13 nitrogen and oxygen atoms in total. The van der Waals surface area contributed by atoms with Gasteiger partial charge in [-0.1, -0.05) is 29.8 Å². The minimum Gasteiger partial charge on any atom is -0.480 e. The molecule has 2 aromatic rings. The van der Waals surface area contributed by atoms with Gasteiger partial charge in [-0.05, 0) is 56.1 Å². The van der Waals surface area contributed by atoms with Crippen LogP contribution >= 0.6 is 0 Å². The Morgan fingerprint density at radius 2 is 1.81 bits per heavy atom. The average Bonchev–Trinajstić information content (AvgIpc) is 3.49. The highest BCUT2D eigenvalue weighted by Crippen LogP contribution is 2.25. The average molecular weight is 605 g/mol. The number of morpholine rings is 1. The second kappa shape index (κ2) is 13.6. The summed E-state index contributed by atoms with van der Waals surface area (Å²) in [6.45, 7) is 5.28. The number of amides is 2. The summed E-state index contributed by atoms with van der Waals surface area (Å²) in [5.41, 5.74) is 9.84. The molecule has 2 amide bonds. The number of carbonyl (C=O) groups excluding carboxylic acids is 2. The largest absolute Gasteiger partial charge is 0.480 e. The van der Waals surface area contributed by atoms with Gasteiger partial charge in [0.2, 0.25) is 0 Å². The topological polar surface area (TPSA) is 177 Å². The van der Waals surface area contributed by atoms with Gasteiger partial charge in [-0.2, -0.15) is 5.43 Å². The molecule has 0 bridgehead atoms. The monoisotopic (exact) mass is 604 g/mol. The van der Waals surface area contributed by atoms with Crippen molar-refractivity contribution in [3.63, 3.8) is 0 Å².